The summed E-state index contributed by atoms with van der Waals surface area (Å²) in [6.45, 7) is 5.21. The number of rotatable bonds is 4. The van der Waals surface area contributed by atoms with E-state index in [1.807, 2.05) is 42.5 Å². The smallest absolute Gasteiger partial charge is 0.269 e. The third kappa shape index (κ3) is 3.48. The van der Waals surface area contributed by atoms with Gasteiger partial charge >= 0.3 is 0 Å². The number of likely N-dealkylation sites (tertiary alicyclic amines) is 1. The molecule has 1 amide bonds. The van der Waals surface area contributed by atoms with Crippen molar-refractivity contribution in [1.82, 2.24) is 14.5 Å². The number of benzene rings is 3. The molecule has 0 saturated carbocycles. The van der Waals surface area contributed by atoms with Gasteiger partial charge in [-0.05, 0) is 35.2 Å². The first-order chi connectivity index (χ1) is 15.5. The Morgan fingerprint density at radius 3 is 2.59 bits per heavy atom. The molecule has 160 valence electrons. The molecule has 2 heterocycles. The summed E-state index contributed by atoms with van der Waals surface area (Å²) in [6.07, 6.45) is 2.65. The van der Waals surface area contributed by atoms with Crippen molar-refractivity contribution in [2.45, 2.75) is 6.54 Å². The Bertz CT molecular complexity index is 1450. The van der Waals surface area contributed by atoms with E-state index in [1.165, 1.54) is 12.3 Å². The SMILES string of the molecule is C=CC(=O)N1CC(Cn2c(=O)cnc3cc(-c4cccc5cccc(Cl)c45)c(Cl)cc32)C1. The molecule has 0 atom stereocenters. The lowest BCUT2D eigenvalue weighted by atomic mass is 9.97. The summed E-state index contributed by atoms with van der Waals surface area (Å²) in [6, 6.07) is 15.4. The lowest BCUT2D eigenvalue weighted by molar-refractivity contribution is -0.132. The summed E-state index contributed by atoms with van der Waals surface area (Å²) < 4.78 is 1.69. The molecule has 0 N–H and O–H groups in total. The van der Waals surface area contributed by atoms with Crippen molar-refractivity contribution in [1.29, 1.82) is 0 Å². The normalized spacial score (nSPS) is 14.0. The summed E-state index contributed by atoms with van der Waals surface area (Å²) in [7, 11) is 0. The average Bonchev–Trinajstić information content (AvgIpc) is 2.76. The van der Waals surface area contributed by atoms with Crippen molar-refractivity contribution < 1.29 is 4.79 Å². The number of hydrogen-bond donors (Lipinski definition) is 0. The van der Waals surface area contributed by atoms with Gasteiger partial charge in [0.25, 0.3) is 5.56 Å². The van der Waals surface area contributed by atoms with Crippen LogP contribution in [0.5, 0.6) is 0 Å². The van der Waals surface area contributed by atoms with Crippen molar-refractivity contribution >= 4 is 50.9 Å². The Hall–Kier alpha value is -3.15. The van der Waals surface area contributed by atoms with E-state index < -0.39 is 0 Å². The molecule has 0 aliphatic carbocycles. The summed E-state index contributed by atoms with van der Waals surface area (Å²) in [5.41, 5.74) is 2.87. The molecular weight excluding hydrogens is 445 g/mol. The van der Waals surface area contributed by atoms with Gasteiger partial charge in [-0.2, -0.15) is 0 Å². The highest BCUT2D eigenvalue weighted by molar-refractivity contribution is 6.38. The highest BCUT2D eigenvalue weighted by Crippen LogP contribution is 2.38. The van der Waals surface area contributed by atoms with E-state index in [2.05, 4.69) is 11.6 Å². The Morgan fingerprint density at radius 2 is 1.84 bits per heavy atom. The van der Waals surface area contributed by atoms with Crippen molar-refractivity contribution in [2.24, 2.45) is 5.92 Å². The predicted octanol–water partition coefficient (Wildman–Crippen LogP) is 5.17. The molecule has 32 heavy (non-hydrogen) atoms. The van der Waals surface area contributed by atoms with E-state index >= 15 is 0 Å². The van der Waals surface area contributed by atoms with Crippen LogP contribution in [0.1, 0.15) is 0 Å². The van der Waals surface area contributed by atoms with Crippen molar-refractivity contribution in [2.75, 3.05) is 13.1 Å². The van der Waals surface area contributed by atoms with Gasteiger partial charge in [-0.1, -0.05) is 60.1 Å². The fourth-order valence-electron chi connectivity index (χ4n) is 4.35. The number of hydrogen-bond acceptors (Lipinski definition) is 3. The predicted molar refractivity (Wildman–Crippen MR) is 129 cm³/mol. The Labute approximate surface area is 194 Å². The maximum Gasteiger partial charge on any atom is 0.269 e. The van der Waals surface area contributed by atoms with Crippen LogP contribution in [0.15, 0.2) is 72.2 Å². The van der Waals surface area contributed by atoms with Crippen LogP contribution in [0.2, 0.25) is 10.0 Å². The number of carbonyl (C=O) groups is 1. The second kappa shape index (κ2) is 8.08. The minimum atomic E-state index is -0.192. The molecule has 0 radical (unpaired) electrons. The Kier molecular flexibility index (Phi) is 5.24. The molecule has 0 unspecified atom stereocenters. The third-order valence-corrected chi connectivity index (χ3v) is 6.59. The number of carbonyl (C=O) groups excluding carboxylic acids is 1. The number of aromatic nitrogens is 2. The Balaban J connectivity index is 1.58. The number of nitrogens with zero attached hydrogens (tertiary/aromatic N) is 3. The monoisotopic (exact) mass is 463 g/mol. The number of amides is 1. The molecule has 0 spiro atoms. The summed E-state index contributed by atoms with van der Waals surface area (Å²) in [5.74, 6) is 0.104. The molecule has 4 aromatic rings. The Morgan fingerprint density at radius 1 is 1.09 bits per heavy atom. The zero-order valence-electron chi connectivity index (χ0n) is 17.1. The van der Waals surface area contributed by atoms with Gasteiger partial charge in [0.15, 0.2) is 0 Å². The summed E-state index contributed by atoms with van der Waals surface area (Å²) in [5, 5.41) is 3.11. The molecular formula is C25H19Cl2N3O2. The second-order valence-electron chi connectivity index (χ2n) is 7.98. The van der Waals surface area contributed by atoms with Crippen molar-refractivity contribution in [3.05, 3.63) is 87.8 Å². The van der Waals surface area contributed by atoms with Crippen LogP contribution >= 0.6 is 23.2 Å². The van der Waals surface area contributed by atoms with E-state index in [-0.39, 0.29) is 17.4 Å². The van der Waals surface area contributed by atoms with Gasteiger partial charge < -0.3 is 9.47 Å². The van der Waals surface area contributed by atoms with Crippen molar-refractivity contribution in [3.8, 4) is 11.1 Å². The van der Waals surface area contributed by atoms with Crippen LogP contribution in [-0.4, -0.2) is 33.4 Å². The van der Waals surface area contributed by atoms with Crippen LogP contribution in [0.3, 0.4) is 0 Å². The maximum atomic E-state index is 12.6. The number of halogens is 2. The third-order valence-electron chi connectivity index (χ3n) is 5.96. The largest absolute Gasteiger partial charge is 0.338 e. The van der Waals surface area contributed by atoms with E-state index in [4.69, 9.17) is 23.2 Å². The molecule has 1 fully saturated rings. The molecule has 0 bridgehead atoms. The zero-order valence-corrected chi connectivity index (χ0v) is 18.6. The highest BCUT2D eigenvalue weighted by atomic mass is 35.5. The van der Waals surface area contributed by atoms with Crippen LogP contribution < -0.4 is 5.56 Å². The van der Waals surface area contributed by atoms with Gasteiger partial charge in [-0.3, -0.25) is 9.59 Å². The first-order valence-electron chi connectivity index (χ1n) is 10.2. The quantitative estimate of drug-likeness (QED) is 0.392. The minimum absolute atomic E-state index is 0.0883. The van der Waals surface area contributed by atoms with Gasteiger partial charge in [-0.25, -0.2) is 4.98 Å². The van der Waals surface area contributed by atoms with Gasteiger partial charge in [0.2, 0.25) is 5.91 Å². The lowest BCUT2D eigenvalue weighted by Crippen LogP contribution is -2.51. The van der Waals surface area contributed by atoms with Crippen molar-refractivity contribution in [3.63, 3.8) is 0 Å². The molecule has 5 rings (SSSR count). The first-order valence-corrected chi connectivity index (χ1v) is 11.0. The molecule has 1 aliphatic heterocycles. The van der Waals surface area contributed by atoms with E-state index in [0.717, 1.165) is 21.9 Å². The van der Waals surface area contributed by atoms with Gasteiger partial charge in [0, 0.05) is 41.5 Å². The fourth-order valence-corrected chi connectivity index (χ4v) is 4.89. The molecule has 7 heteroatoms. The number of fused-ring (bicyclic) bond motifs is 2. The molecule has 3 aromatic carbocycles. The second-order valence-corrected chi connectivity index (χ2v) is 8.80. The molecule has 1 aromatic heterocycles. The van der Waals surface area contributed by atoms with Gasteiger partial charge in [-0.15, -0.1) is 0 Å². The summed E-state index contributed by atoms with van der Waals surface area (Å²) in [4.78, 5) is 30.4. The molecule has 1 aliphatic rings. The zero-order chi connectivity index (χ0) is 22.4. The first kappa shape index (κ1) is 20.7. The van der Waals surface area contributed by atoms with Gasteiger partial charge in [0.05, 0.1) is 22.3 Å². The van der Waals surface area contributed by atoms with E-state index in [1.54, 1.807) is 15.5 Å². The van der Waals surface area contributed by atoms with Crippen LogP contribution in [-0.2, 0) is 11.3 Å². The average molecular weight is 464 g/mol. The van der Waals surface area contributed by atoms with E-state index in [0.29, 0.717) is 40.7 Å². The highest BCUT2D eigenvalue weighted by Gasteiger charge is 2.30. The minimum Gasteiger partial charge on any atom is -0.338 e. The maximum absolute atomic E-state index is 12.6. The van der Waals surface area contributed by atoms with Crippen LogP contribution in [0.25, 0.3) is 32.9 Å². The fraction of sp³-hybridized carbons (Fsp3) is 0.160. The topological polar surface area (TPSA) is 55.2 Å². The molecule has 5 nitrogen and oxygen atoms in total. The van der Waals surface area contributed by atoms with E-state index in [9.17, 15) is 9.59 Å². The standard InChI is InChI=1S/C25H19Cl2N3O2/c1-2-23(31)29-12-15(13-29)14-30-22-10-20(27)18(9-21(22)28-11-24(30)32)17-7-3-5-16-6-4-8-19(26)25(16)17/h2-11,15H,1,12-14H2. The van der Waals surface area contributed by atoms with Crippen LogP contribution in [0.4, 0.5) is 0 Å². The van der Waals surface area contributed by atoms with Gasteiger partial charge in [0.1, 0.15) is 0 Å². The molecule has 1 saturated heterocycles. The summed E-state index contributed by atoms with van der Waals surface area (Å²) >= 11 is 13.2. The lowest BCUT2D eigenvalue weighted by Gasteiger charge is -2.39. The van der Waals surface area contributed by atoms with Crippen LogP contribution in [0, 0.1) is 5.92 Å².